The molecule has 0 fully saturated rings. The summed E-state index contributed by atoms with van der Waals surface area (Å²) in [6.07, 6.45) is 0. The van der Waals surface area contributed by atoms with Crippen LogP contribution in [-0.4, -0.2) is 0 Å². The number of rotatable bonds is 4. The van der Waals surface area contributed by atoms with Crippen LogP contribution in [0.15, 0.2) is 121 Å². The van der Waals surface area contributed by atoms with Crippen LogP contribution in [0.25, 0.3) is 33.4 Å². The molecule has 0 nitrogen and oxygen atoms in total. The lowest BCUT2D eigenvalue weighted by Gasteiger charge is -1.92. The molecule has 0 spiro atoms. The summed E-state index contributed by atoms with van der Waals surface area (Å²) >= 11 is 0. The second-order valence-electron chi connectivity index (χ2n) is 8.37. The van der Waals surface area contributed by atoms with E-state index in [2.05, 4.69) is 133 Å². The van der Waals surface area contributed by atoms with E-state index in [9.17, 15) is 0 Å². The van der Waals surface area contributed by atoms with Gasteiger partial charge in [-0.3, -0.25) is 0 Å². The van der Waals surface area contributed by atoms with Crippen LogP contribution in [0.1, 0.15) is 16.7 Å². The highest BCUT2D eigenvalue weighted by Gasteiger charge is 2.38. The maximum absolute atomic E-state index is 3.42. The van der Waals surface area contributed by atoms with Crippen molar-refractivity contribution in [3.63, 3.8) is 0 Å². The zero-order valence-electron chi connectivity index (χ0n) is 18.6. The van der Waals surface area contributed by atoms with Crippen LogP contribution in [0.5, 0.6) is 0 Å². The van der Waals surface area contributed by atoms with E-state index >= 15 is 0 Å². The average molecular weight is 430 g/mol. The Morgan fingerprint density at radius 3 is 1.24 bits per heavy atom. The van der Waals surface area contributed by atoms with Gasteiger partial charge < -0.3 is 0 Å². The predicted molar refractivity (Wildman–Crippen MR) is 142 cm³/mol. The van der Waals surface area contributed by atoms with E-state index < -0.39 is 0 Å². The third kappa shape index (κ3) is 3.84. The Morgan fingerprint density at radius 2 is 0.824 bits per heavy atom. The van der Waals surface area contributed by atoms with Gasteiger partial charge in [-0.2, -0.15) is 0 Å². The molecule has 0 aromatic heterocycles. The first-order valence-electron chi connectivity index (χ1n) is 11.5. The van der Waals surface area contributed by atoms with Crippen molar-refractivity contribution in [2.24, 2.45) is 5.92 Å². The topological polar surface area (TPSA) is 0 Å². The molecule has 5 aromatic rings. The fourth-order valence-electron chi connectivity index (χ4n) is 4.55. The molecule has 0 saturated carbocycles. The van der Waals surface area contributed by atoms with Gasteiger partial charge in [-0.25, -0.2) is 0 Å². The third-order valence-corrected chi connectivity index (χ3v) is 6.23. The van der Waals surface area contributed by atoms with Crippen LogP contribution in [0.4, 0.5) is 0 Å². The molecule has 0 aliphatic heterocycles. The van der Waals surface area contributed by atoms with Gasteiger partial charge >= 0.3 is 0 Å². The zero-order chi connectivity index (χ0) is 22.7. The van der Waals surface area contributed by atoms with Crippen molar-refractivity contribution < 1.29 is 0 Å². The lowest BCUT2D eigenvalue weighted by Crippen LogP contribution is -1.80. The highest BCUT2D eigenvalue weighted by molar-refractivity contribution is 6.13. The van der Waals surface area contributed by atoms with Gasteiger partial charge in [0, 0.05) is 11.8 Å². The van der Waals surface area contributed by atoms with E-state index in [1.165, 1.54) is 44.5 Å². The van der Waals surface area contributed by atoms with Crippen LogP contribution < -0.4 is 0 Å². The summed E-state index contributed by atoms with van der Waals surface area (Å²) in [4.78, 5) is 0. The molecular formula is C34H21+. The summed E-state index contributed by atoms with van der Waals surface area (Å²) in [5.41, 5.74) is 11.1. The fraction of sp³-hybridized carbons (Fsp3) is 0.0294. The Hall–Kier alpha value is -4.65. The van der Waals surface area contributed by atoms with Crippen LogP contribution >= 0.6 is 0 Å². The Labute approximate surface area is 200 Å². The van der Waals surface area contributed by atoms with Crippen molar-refractivity contribution in [1.82, 2.24) is 0 Å². The Morgan fingerprint density at radius 1 is 0.441 bits per heavy atom. The number of hydrogen-bond acceptors (Lipinski definition) is 0. The first kappa shape index (κ1) is 20.0. The normalized spacial score (nSPS) is 12.6. The van der Waals surface area contributed by atoms with Crippen LogP contribution in [-0.2, 0) is 0 Å². The SMILES string of the molecule is C(C#CC1C(c2ccccc2)=C1c1ccccc1)#C[c+]1c(-c2ccccc2)c1-c1ccccc1. The minimum Gasteiger partial charge on any atom is -0.0682 e. The maximum Gasteiger partial charge on any atom is 0.171 e. The predicted octanol–water partition coefficient (Wildman–Crippen LogP) is 7.77. The van der Waals surface area contributed by atoms with Gasteiger partial charge in [0.15, 0.2) is 5.56 Å². The van der Waals surface area contributed by atoms with Crippen LogP contribution in [0.3, 0.4) is 0 Å². The first-order valence-corrected chi connectivity index (χ1v) is 11.5. The highest BCUT2D eigenvalue weighted by Crippen LogP contribution is 2.52. The molecule has 0 bridgehead atoms. The summed E-state index contributed by atoms with van der Waals surface area (Å²) in [6, 6.07) is 42.0. The van der Waals surface area contributed by atoms with Crippen LogP contribution in [0, 0.1) is 29.6 Å². The molecule has 0 N–H and O–H groups in total. The molecule has 0 heteroatoms. The Balaban J connectivity index is 1.30. The summed E-state index contributed by atoms with van der Waals surface area (Å²) in [5, 5.41) is 0. The molecule has 6 rings (SSSR count). The molecule has 0 heterocycles. The summed E-state index contributed by atoms with van der Waals surface area (Å²) in [6.45, 7) is 0. The fourth-order valence-corrected chi connectivity index (χ4v) is 4.55. The molecule has 34 heavy (non-hydrogen) atoms. The zero-order valence-corrected chi connectivity index (χ0v) is 18.6. The van der Waals surface area contributed by atoms with Gasteiger partial charge in [-0.05, 0) is 46.5 Å². The summed E-state index contributed by atoms with van der Waals surface area (Å²) in [5.74, 6) is 13.2. The van der Waals surface area contributed by atoms with Gasteiger partial charge in [-0.1, -0.05) is 103 Å². The molecule has 0 radical (unpaired) electrons. The molecule has 5 aromatic carbocycles. The van der Waals surface area contributed by atoms with Gasteiger partial charge in [0.25, 0.3) is 0 Å². The minimum atomic E-state index is 0.137. The monoisotopic (exact) mass is 429 g/mol. The minimum absolute atomic E-state index is 0.137. The van der Waals surface area contributed by atoms with E-state index in [0.717, 1.165) is 5.56 Å². The molecule has 0 saturated heterocycles. The maximum atomic E-state index is 3.42. The van der Waals surface area contributed by atoms with Crippen LogP contribution in [0.2, 0.25) is 0 Å². The van der Waals surface area contributed by atoms with Crippen molar-refractivity contribution in [1.29, 1.82) is 0 Å². The third-order valence-electron chi connectivity index (χ3n) is 6.23. The van der Waals surface area contributed by atoms with Gasteiger partial charge in [-0.15, -0.1) is 0 Å². The molecule has 1 aliphatic carbocycles. The largest absolute Gasteiger partial charge is 0.171 e. The van der Waals surface area contributed by atoms with E-state index in [4.69, 9.17) is 0 Å². The molecule has 1 aliphatic rings. The van der Waals surface area contributed by atoms with Gasteiger partial charge in [0.1, 0.15) is 11.1 Å². The average Bonchev–Trinajstić information content (AvgIpc) is 3.82. The van der Waals surface area contributed by atoms with Crippen molar-refractivity contribution in [2.75, 3.05) is 0 Å². The molecule has 0 amide bonds. The smallest absolute Gasteiger partial charge is 0.0682 e. The van der Waals surface area contributed by atoms with Crippen molar-refractivity contribution in [3.05, 3.63) is 138 Å². The Kier molecular flexibility index (Phi) is 5.12. The quantitative estimate of drug-likeness (QED) is 0.202. The second-order valence-corrected chi connectivity index (χ2v) is 8.37. The standard InChI is InChI=1S/C34H21/c1-5-15-25(16-6-1)31-29(32(31)26-17-7-2-8-18-26)23-13-14-24-30-33(27-19-9-3-10-20-27)34(30)28-21-11-4-12-22-28/h1-12,15-22,29H/q+1. The molecule has 156 valence electrons. The van der Waals surface area contributed by atoms with Crippen molar-refractivity contribution >= 4 is 11.1 Å². The van der Waals surface area contributed by atoms with Gasteiger partial charge in [0.05, 0.1) is 23.0 Å². The molecular weight excluding hydrogens is 408 g/mol. The van der Waals surface area contributed by atoms with Crippen molar-refractivity contribution in [3.8, 4) is 45.9 Å². The van der Waals surface area contributed by atoms with Gasteiger partial charge in [0.2, 0.25) is 0 Å². The first-order chi connectivity index (χ1) is 16.9. The number of hydrogen-bond donors (Lipinski definition) is 0. The summed E-state index contributed by atoms with van der Waals surface area (Å²) < 4.78 is 0. The van der Waals surface area contributed by atoms with E-state index in [-0.39, 0.29) is 5.92 Å². The Bertz CT molecular complexity index is 1460. The molecule has 0 unspecified atom stereocenters. The lowest BCUT2D eigenvalue weighted by atomic mass is 10.1. The van der Waals surface area contributed by atoms with E-state index in [1.807, 2.05) is 12.1 Å². The number of allylic oxidation sites excluding steroid dienone is 2. The van der Waals surface area contributed by atoms with E-state index in [0.29, 0.717) is 0 Å². The summed E-state index contributed by atoms with van der Waals surface area (Å²) in [7, 11) is 0. The van der Waals surface area contributed by atoms with E-state index in [1.54, 1.807) is 0 Å². The highest BCUT2D eigenvalue weighted by atomic mass is 14.4. The van der Waals surface area contributed by atoms with Crippen molar-refractivity contribution in [2.45, 2.75) is 0 Å². The number of benzene rings is 4. The second kappa shape index (κ2) is 8.71. The molecule has 0 atom stereocenters. The lowest BCUT2D eigenvalue weighted by molar-refractivity contribution is 1.33.